The summed E-state index contributed by atoms with van der Waals surface area (Å²) in [5, 5.41) is 7.83. The van der Waals surface area contributed by atoms with Gasteiger partial charge in [-0.2, -0.15) is 0 Å². The topological polar surface area (TPSA) is 57.6 Å². The van der Waals surface area contributed by atoms with Crippen LogP contribution in [0.1, 0.15) is 24.0 Å². The van der Waals surface area contributed by atoms with Gasteiger partial charge in [0.05, 0.1) is 5.92 Å². The molecule has 4 nitrogen and oxygen atoms in total. The molecule has 0 aliphatic rings. The Morgan fingerprint density at radius 3 is 1.58 bits per heavy atom. The molecule has 2 aromatic rings. The Labute approximate surface area is 143 Å². The molecule has 0 fully saturated rings. The van der Waals surface area contributed by atoms with Crippen LogP contribution >= 0.6 is 0 Å². The third-order valence-electron chi connectivity index (χ3n) is 3.26. The molecule has 1 N–H and O–H groups in total. The quantitative estimate of drug-likeness (QED) is 0.875. The van der Waals surface area contributed by atoms with Crippen molar-refractivity contribution in [3.8, 4) is 0 Å². The molecule has 0 bridgehead atoms. The molecule has 24 heavy (non-hydrogen) atoms. The molecular formula is C20H23NO3. The molecule has 0 saturated carbocycles. The molecule has 126 valence electrons. The van der Waals surface area contributed by atoms with Crippen molar-refractivity contribution in [2.24, 2.45) is 0 Å². The maximum Gasteiger partial charge on any atom is 0.327 e. The van der Waals surface area contributed by atoms with Crippen LogP contribution < -0.4 is 0 Å². The third kappa shape index (κ3) is 6.08. The summed E-state index contributed by atoms with van der Waals surface area (Å²) in [6, 6.07) is 19.8. The number of carbonyl (C=O) groups is 2. The Morgan fingerprint density at radius 1 is 0.917 bits per heavy atom. The van der Waals surface area contributed by atoms with E-state index in [-0.39, 0.29) is 11.8 Å². The summed E-state index contributed by atoms with van der Waals surface area (Å²) in [5.74, 6) is -1.01. The van der Waals surface area contributed by atoms with Crippen molar-refractivity contribution in [1.82, 2.24) is 4.90 Å². The molecule has 0 aromatic heterocycles. The van der Waals surface area contributed by atoms with Gasteiger partial charge >= 0.3 is 5.97 Å². The highest BCUT2D eigenvalue weighted by Gasteiger charge is 2.23. The highest BCUT2D eigenvalue weighted by molar-refractivity contribution is 5.86. The van der Waals surface area contributed by atoms with E-state index >= 15 is 0 Å². The summed E-state index contributed by atoms with van der Waals surface area (Å²) in [6.45, 7) is 1.66. The molecule has 0 aliphatic heterocycles. The van der Waals surface area contributed by atoms with Gasteiger partial charge in [-0.3, -0.25) is 4.79 Å². The van der Waals surface area contributed by atoms with E-state index in [0.717, 1.165) is 17.2 Å². The normalized spacial score (nSPS) is 10.2. The number of benzene rings is 2. The van der Waals surface area contributed by atoms with Crippen LogP contribution in [0.15, 0.2) is 72.8 Å². The molecule has 4 heteroatoms. The van der Waals surface area contributed by atoms with Crippen LogP contribution in [0.4, 0.5) is 0 Å². The lowest BCUT2D eigenvalue weighted by Gasteiger charge is -2.21. The van der Waals surface area contributed by atoms with Crippen molar-refractivity contribution >= 4 is 11.9 Å². The van der Waals surface area contributed by atoms with Crippen molar-refractivity contribution < 1.29 is 14.7 Å². The Morgan fingerprint density at radius 2 is 1.33 bits per heavy atom. The standard InChI is InChI=1S/C16H17NO.C4H6O2/c1-17(2)16(18)15(13-9-5-3-6-10-13)14-11-7-4-8-12-14;1-2-3-4(5)6/h3-12,15H,1-2H3;2-3H,1H3,(H,5,6)/b;3-2+. The van der Waals surface area contributed by atoms with Gasteiger partial charge in [-0.25, -0.2) is 4.79 Å². The van der Waals surface area contributed by atoms with Crippen molar-refractivity contribution in [2.75, 3.05) is 14.1 Å². The van der Waals surface area contributed by atoms with Gasteiger partial charge in [0.1, 0.15) is 0 Å². The van der Waals surface area contributed by atoms with E-state index in [0.29, 0.717) is 0 Å². The smallest absolute Gasteiger partial charge is 0.327 e. The molecule has 0 radical (unpaired) electrons. The summed E-state index contributed by atoms with van der Waals surface area (Å²) >= 11 is 0. The van der Waals surface area contributed by atoms with E-state index in [4.69, 9.17) is 5.11 Å². The largest absolute Gasteiger partial charge is 0.478 e. The van der Waals surface area contributed by atoms with E-state index in [1.165, 1.54) is 6.08 Å². The minimum Gasteiger partial charge on any atom is -0.478 e. The average molecular weight is 325 g/mol. The van der Waals surface area contributed by atoms with Gasteiger partial charge in [-0.05, 0) is 18.1 Å². The van der Waals surface area contributed by atoms with Gasteiger partial charge in [0.2, 0.25) is 5.91 Å². The van der Waals surface area contributed by atoms with Crippen LogP contribution in [-0.2, 0) is 9.59 Å². The van der Waals surface area contributed by atoms with E-state index in [2.05, 4.69) is 0 Å². The minimum atomic E-state index is -0.891. The maximum absolute atomic E-state index is 12.4. The Hall–Kier alpha value is -2.88. The second-order valence-electron chi connectivity index (χ2n) is 5.33. The first kappa shape index (κ1) is 19.2. The van der Waals surface area contributed by atoms with E-state index in [1.54, 1.807) is 25.9 Å². The predicted octanol–water partition coefficient (Wildman–Crippen LogP) is 3.55. The molecular weight excluding hydrogens is 302 g/mol. The number of aliphatic carboxylic acids is 1. The zero-order valence-corrected chi connectivity index (χ0v) is 14.2. The highest BCUT2D eigenvalue weighted by Crippen LogP contribution is 2.25. The average Bonchev–Trinajstić information content (AvgIpc) is 2.57. The van der Waals surface area contributed by atoms with Crippen molar-refractivity contribution in [3.63, 3.8) is 0 Å². The zero-order valence-electron chi connectivity index (χ0n) is 14.2. The molecule has 2 aromatic carbocycles. The van der Waals surface area contributed by atoms with Crippen LogP contribution in [0.3, 0.4) is 0 Å². The molecule has 1 amide bonds. The Bertz CT molecular complexity index is 624. The fourth-order valence-corrected chi connectivity index (χ4v) is 2.17. The van der Waals surface area contributed by atoms with Crippen molar-refractivity contribution in [2.45, 2.75) is 12.8 Å². The highest BCUT2D eigenvalue weighted by atomic mass is 16.4. The molecule has 0 atom stereocenters. The van der Waals surface area contributed by atoms with Crippen molar-refractivity contribution in [1.29, 1.82) is 0 Å². The number of carbonyl (C=O) groups excluding carboxylic acids is 1. The summed E-state index contributed by atoms with van der Waals surface area (Å²) in [5.41, 5.74) is 2.06. The molecule has 0 heterocycles. The lowest BCUT2D eigenvalue weighted by molar-refractivity contribution is -0.131. The lowest BCUT2D eigenvalue weighted by Crippen LogP contribution is -2.28. The summed E-state index contributed by atoms with van der Waals surface area (Å²) in [7, 11) is 3.59. The van der Waals surface area contributed by atoms with Crippen LogP contribution in [0.25, 0.3) is 0 Å². The minimum absolute atomic E-state index is 0.104. The maximum atomic E-state index is 12.4. The number of hydrogen-bond acceptors (Lipinski definition) is 2. The van der Waals surface area contributed by atoms with E-state index in [9.17, 15) is 9.59 Å². The number of allylic oxidation sites excluding steroid dienone is 1. The Balaban J connectivity index is 0.000000413. The van der Waals surface area contributed by atoms with Gasteiger partial charge in [0, 0.05) is 20.2 Å². The van der Waals surface area contributed by atoms with Gasteiger partial charge in [-0.1, -0.05) is 66.7 Å². The first-order chi connectivity index (χ1) is 11.5. The number of carboxylic acids is 1. The number of amides is 1. The van der Waals surface area contributed by atoms with Gasteiger partial charge in [-0.15, -0.1) is 0 Å². The van der Waals surface area contributed by atoms with Crippen LogP contribution in [0.2, 0.25) is 0 Å². The zero-order chi connectivity index (χ0) is 17.9. The first-order valence-electron chi connectivity index (χ1n) is 7.64. The Kier molecular flexibility index (Phi) is 7.99. The van der Waals surface area contributed by atoms with Crippen LogP contribution in [-0.4, -0.2) is 36.0 Å². The second-order valence-corrected chi connectivity index (χ2v) is 5.33. The number of carboxylic acid groups (broad SMARTS) is 1. The first-order valence-corrected chi connectivity index (χ1v) is 7.64. The summed E-state index contributed by atoms with van der Waals surface area (Å²) < 4.78 is 0. The molecule has 0 saturated heterocycles. The number of rotatable bonds is 4. The third-order valence-corrected chi connectivity index (χ3v) is 3.26. The van der Waals surface area contributed by atoms with Gasteiger partial charge in [0.25, 0.3) is 0 Å². The van der Waals surface area contributed by atoms with Crippen LogP contribution in [0.5, 0.6) is 0 Å². The SMILES string of the molecule is C/C=C/C(=O)O.CN(C)C(=O)C(c1ccccc1)c1ccccc1. The fraction of sp³-hybridized carbons (Fsp3) is 0.200. The molecule has 0 spiro atoms. The van der Waals surface area contributed by atoms with Gasteiger partial charge in [0.15, 0.2) is 0 Å². The summed E-state index contributed by atoms with van der Waals surface area (Å²) in [6.07, 6.45) is 2.56. The van der Waals surface area contributed by atoms with Gasteiger partial charge < -0.3 is 10.0 Å². The van der Waals surface area contributed by atoms with E-state index < -0.39 is 5.97 Å². The predicted molar refractivity (Wildman–Crippen MR) is 95.9 cm³/mol. The van der Waals surface area contributed by atoms with Crippen molar-refractivity contribution in [3.05, 3.63) is 83.9 Å². The van der Waals surface area contributed by atoms with Crippen LogP contribution in [0, 0.1) is 0 Å². The lowest BCUT2D eigenvalue weighted by atomic mass is 9.90. The number of hydrogen-bond donors (Lipinski definition) is 1. The molecule has 0 aliphatic carbocycles. The monoisotopic (exact) mass is 325 g/mol. The number of likely N-dealkylation sites (N-methyl/N-ethyl adjacent to an activating group) is 1. The molecule has 0 unspecified atom stereocenters. The number of nitrogens with zero attached hydrogens (tertiary/aromatic N) is 1. The summed E-state index contributed by atoms with van der Waals surface area (Å²) in [4.78, 5) is 23.5. The fourth-order valence-electron chi connectivity index (χ4n) is 2.17. The van der Waals surface area contributed by atoms with E-state index in [1.807, 2.05) is 60.7 Å². The second kappa shape index (κ2) is 10.0. The molecule has 2 rings (SSSR count).